The molecule has 1 aliphatic heterocycles. The van der Waals surface area contributed by atoms with Crippen LogP contribution in [0.25, 0.3) is 10.8 Å². The van der Waals surface area contributed by atoms with E-state index in [9.17, 15) is 13.2 Å². The van der Waals surface area contributed by atoms with Crippen molar-refractivity contribution in [3.05, 3.63) is 66.7 Å². The highest BCUT2D eigenvalue weighted by molar-refractivity contribution is 7.89. The summed E-state index contributed by atoms with van der Waals surface area (Å²) < 4.78 is 33.3. The number of benzene rings is 3. The molecule has 31 heavy (non-hydrogen) atoms. The first-order chi connectivity index (χ1) is 15.0. The van der Waals surface area contributed by atoms with Gasteiger partial charge in [0.05, 0.1) is 17.4 Å². The zero-order chi connectivity index (χ0) is 21.8. The molecule has 4 rings (SSSR count). The third-order valence-electron chi connectivity index (χ3n) is 5.55. The van der Waals surface area contributed by atoms with Gasteiger partial charge in [-0.15, -0.1) is 0 Å². The van der Waals surface area contributed by atoms with Gasteiger partial charge in [0.2, 0.25) is 15.9 Å². The predicted molar refractivity (Wildman–Crippen MR) is 122 cm³/mol. The van der Waals surface area contributed by atoms with Crippen LogP contribution in [0.15, 0.2) is 71.6 Å². The summed E-state index contributed by atoms with van der Waals surface area (Å²) in [7, 11) is -3.67. The van der Waals surface area contributed by atoms with E-state index in [1.165, 1.54) is 4.31 Å². The molecule has 0 aliphatic carbocycles. The molecule has 1 atom stereocenters. The fraction of sp³-hybridized carbons (Fsp3) is 0.292. The number of carbonyl (C=O) groups excluding carboxylic acids is 1. The Labute approximate surface area is 182 Å². The number of rotatable bonds is 6. The van der Waals surface area contributed by atoms with Crippen molar-refractivity contribution in [2.24, 2.45) is 5.92 Å². The van der Waals surface area contributed by atoms with Crippen molar-refractivity contribution in [1.29, 1.82) is 0 Å². The molecule has 1 heterocycles. The highest BCUT2D eigenvalue weighted by Crippen LogP contribution is 2.27. The molecule has 3 aromatic rings. The Morgan fingerprint density at radius 2 is 1.81 bits per heavy atom. The molecule has 0 bridgehead atoms. The number of hydrogen-bond donors (Lipinski definition) is 1. The second-order valence-electron chi connectivity index (χ2n) is 7.66. The largest absolute Gasteiger partial charge is 0.494 e. The molecule has 0 saturated carbocycles. The number of piperidine rings is 1. The first-order valence-electron chi connectivity index (χ1n) is 10.5. The van der Waals surface area contributed by atoms with E-state index in [4.69, 9.17) is 4.74 Å². The molecule has 1 saturated heterocycles. The molecule has 0 radical (unpaired) electrons. The first kappa shape index (κ1) is 21.3. The summed E-state index contributed by atoms with van der Waals surface area (Å²) >= 11 is 0. The molecule has 1 aliphatic rings. The zero-order valence-electron chi connectivity index (χ0n) is 17.5. The third kappa shape index (κ3) is 4.73. The molecule has 0 aromatic heterocycles. The van der Waals surface area contributed by atoms with Crippen LogP contribution in [0.5, 0.6) is 5.75 Å². The van der Waals surface area contributed by atoms with Crippen LogP contribution in [0.2, 0.25) is 0 Å². The molecule has 1 N–H and O–H groups in total. The van der Waals surface area contributed by atoms with Crippen molar-refractivity contribution in [2.75, 3.05) is 25.0 Å². The van der Waals surface area contributed by atoms with Gasteiger partial charge in [0.25, 0.3) is 0 Å². The topological polar surface area (TPSA) is 75.7 Å². The lowest BCUT2D eigenvalue weighted by molar-refractivity contribution is -0.120. The van der Waals surface area contributed by atoms with Crippen LogP contribution in [0, 0.1) is 5.92 Å². The summed E-state index contributed by atoms with van der Waals surface area (Å²) in [5, 5.41) is 4.77. The first-order valence-corrected chi connectivity index (χ1v) is 11.9. The maximum Gasteiger partial charge on any atom is 0.243 e. The average molecular weight is 439 g/mol. The van der Waals surface area contributed by atoms with Crippen LogP contribution < -0.4 is 10.1 Å². The van der Waals surface area contributed by atoms with Crippen LogP contribution in [0.4, 0.5) is 5.69 Å². The summed E-state index contributed by atoms with van der Waals surface area (Å²) in [5.74, 6) is 0.184. The van der Waals surface area contributed by atoms with Gasteiger partial charge in [0.1, 0.15) is 5.75 Å². The highest BCUT2D eigenvalue weighted by atomic mass is 32.2. The summed E-state index contributed by atoms with van der Waals surface area (Å²) in [6.07, 6.45) is 1.31. The summed E-state index contributed by atoms with van der Waals surface area (Å²) in [4.78, 5) is 13.1. The van der Waals surface area contributed by atoms with E-state index >= 15 is 0 Å². The SMILES string of the molecule is CCOc1ccc(NC(=O)[C@@H]2CCCN(S(=O)(=O)c3ccc4ccccc4c3)C2)cc1. The van der Waals surface area contributed by atoms with Crippen LogP contribution in [-0.4, -0.2) is 38.3 Å². The van der Waals surface area contributed by atoms with E-state index in [2.05, 4.69) is 5.32 Å². The minimum atomic E-state index is -3.67. The summed E-state index contributed by atoms with van der Waals surface area (Å²) in [6.45, 7) is 3.09. The van der Waals surface area contributed by atoms with Crippen LogP contribution in [0.1, 0.15) is 19.8 Å². The Hall–Kier alpha value is -2.90. The maximum absolute atomic E-state index is 13.2. The van der Waals surface area contributed by atoms with E-state index in [0.717, 1.165) is 16.5 Å². The minimum Gasteiger partial charge on any atom is -0.494 e. The Morgan fingerprint density at radius 1 is 1.06 bits per heavy atom. The molecule has 7 heteroatoms. The molecular formula is C24H26N2O4S. The molecule has 1 fully saturated rings. The molecule has 6 nitrogen and oxygen atoms in total. The minimum absolute atomic E-state index is 0.164. The highest BCUT2D eigenvalue weighted by Gasteiger charge is 2.33. The fourth-order valence-corrected chi connectivity index (χ4v) is 5.46. The summed E-state index contributed by atoms with van der Waals surface area (Å²) in [5.41, 5.74) is 0.669. The van der Waals surface area contributed by atoms with E-state index in [1.54, 1.807) is 36.4 Å². The summed E-state index contributed by atoms with van der Waals surface area (Å²) in [6, 6.07) is 20.0. The average Bonchev–Trinajstić information content (AvgIpc) is 2.80. The number of fused-ring (bicyclic) bond motifs is 1. The van der Waals surface area contributed by atoms with Gasteiger partial charge in [-0.2, -0.15) is 4.31 Å². The lowest BCUT2D eigenvalue weighted by atomic mass is 9.99. The van der Waals surface area contributed by atoms with Gasteiger partial charge in [0, 0.05) is 18.8 Å². The number of amides is 1. The number of sulfonamides is 1. The van der Waals surface area contributed by atoms with Gasteiger partial charge in [-0.25, -0.2) is 8.42 Å². The standard InChI is InChI=1S/C24H26N2O4S/c1-2-30-22-12-10-21(11-13-22)25-24(27)20-8-5-15-26(17-20)31(28,29)23-14-9-18-6-3-4-7-19(18)16-23/h3-4,6-7,9-14,16,20H,2,5,8,15,17H2,1H3,(H,25,27)/t20-/m1/s1. The number of anilines is 1. The fourth-order valence-electron chi connectivity index (χ4n) is 3.90. The van der Waals surface area contributed by atoms with Crippen molar-refractivity contribution in [1.82, 2.24) is 4.31 Å². The lowest BCUT2D eigenvalue weighted by Gasteiger charge is -2.31. The second kappa shape index (κ2) is 9.08. The van der Waals surface area contributed by atoms with E-state index in [0.29, 0.717) is 31.7 Å². The van der Waals surface area contributed by atoms with Crippen LogP contribution in [-0.2, 0) is 14.8 Å². The quantitative estimate of drug-likeness (QED) is 0.623. The van der Waals surface area contributed by atoms with Crippen LogP contribution >= 0.6 is 0 Å². The Bertz CT molecular complexity index is 1180. The van der Waals surface area contributed by atoms with E-state index in [-0.39, 0.29) is 17.3 Å². The Balaban J connectivity index is 1.47. The van der Waals surface area contributed by atoms with Gasteiger partial charge < -0.3 is 10.1 Å². The number of nitrogens with one attached hydrogen (secondary N) is 1. The van der Waals surface area contributed by atoms with E-state index in [1.807, 2.05) is 37.3 Å². The Kier molecular flexibility index (Phi) is 6.25. The Morgan fingerprint density at radius 3 is 2.55 bits per heavy atom. The van der Waals surface area contributed by atoms with Crippen molar-refractivity contribution < 1.29 is 17.9 Å². The zero-order valence-corrected chi connectivity index (χ0v) is 18.3. The molecule has 162 valence electrons. The van der Waals surface area contributed by atoms with Gasteiger partial charge in [-0.05, 0) is 66.9 Å². The maximum atomic E-state index is 13.2. The van der Waals surface area contributed by atoms with E-state index < -0.39 is 15.9 Å². The molecule has 0 spiro atoms. The molecular weight excluding hydrogens is 412 g/mol. The van der Waals surface area contributed by atoms with Crippen molar-refractivity contribution >= 4 is 32.4 Å². The normalized spacial score (nSPS) is 17.4. The van der Waals surface area contributed by atoms with Crippen molar-refractivity contribution in [3.8, 4) is 5.75 Å². The molecule has 0 unspecified atom stereocenters. The monoisotopic (exact) mass is 438 g/mol. The smallest absolute Gasteiger partial charge is 0.243 e. The van der Waals surface area contributed by atoms with Crippen molar-refractivity contribution in [3.63, 3.8) is 0 Å². The number of hydrogen-bond acceptors (Lipinski definition) is 4. The molecule has 1 amide bonds. The van der Waals surface area contributed by atoms with Gasteiger partial charge in [-0.1, -0.05) is 30.3 Å². The van der Waals surface area contributed by atoms with Gasteiger partial charge >= 0.3 is 0 Å². The second-order valence-corrected chi connectivity index (χ2v) is 9.60. The van der Waals surface area contributed by atoms with Gasteiger partial charge in [-0.3, -0.25) is 4.79 Å². The number of carbonyl (C=O) groups is 1. The van der Waals surface area contributed by atoms with Crippen molar-refractivity contribution in [2.45, 2.75) is 24.7 Å². The molecule has 3 aromatic carbocycles. The van der Waals surface area contributed by atoms with Gasteiger partial charge in [0.15, 0.2) is 0 Å². The number of nitrogens with zero attached hydrogens (tertiary/aromatic N) is 1. The predicted octanol–water partition coefficient (Wildman–Crippen LogP) is 4.28. The lowest BCUT2D eigenvalue weighted by Crippen LogP contribution is -2.43. The van der Waals surface area contributed by atoms with Crippen LogP contribution in [0.3, 0.4) is 0 Å². The third-order valence-corrected chi connectivity index (χ3v) is 7.41. The number of ether oxygens (including phenoxy) is 1.